The van der Waals surface area contributed by atoms with E-state index in [-0.39, 0.29) is 17.1 Å². The van der Waals surface area contributed by atoms with Gasteiger partial charge in [0.2, 0.25) is 0 Å². The number of hydrogen-bond donors (Lipinski definition) is 2. The maximum Gasteiger partial charge on any atom is 0.286 e. The van der Waals surface area contributed by atoms with E-state index in [0.717, 1.165) is 36.4 Å². The summed E-state index contributed by atoms with van der Waals surface area (Å²) >= 11 is 6.40. The number of carbonyl (C=O) groups excluding carboxylic acids is 1. The van der Waals surface area contributed by atoms with Crippen LogP contribution in [0, 0.1) is 5.92 Å². The van der Waals surface area contributed by atoms with Crippen molar-refractivity contribution in [2.45, 2.75) is 57.0 Å². The lowest BCUT2D eigenvalue weighted by molar-refractivity contribution is 0.100. The zero-order chi connectivity index (χ0) is 33.5. The van der Waals surface area contributed by atoms with E-state index >= 15 is 0 Å². The molecule has 13 heteroatoms. The van der Waals surface area contributed by atoms with Crippen molar-refractivity contribution in [1.29, 1.82) is 0 Å². The number of benzene rings is 2. The summed E-state index contributed by atoms with van der Waals surface area (Å²) < 4.78 is 30.2. The van der Waals surface area contributed by atoms with E-state index < -0.39 is 21.9 Å². The van der Waals surface area contributed by atoms with Crippen molar-refractivity contribution in [1.82, 2.24) is 19.7 Å². The Morgan fingerprint density at radius 3 is 2.92 bits per heavy atom. The lowest BCUT2D eigenvalue weighted by atomic mass is 9.70. The molecule has 48 heavy (non-hydrogen) atoms. The number of amides is 1. The van der Waals surface area contributed by atoms with Gasteiger partial charge in [-0.1, -0.05) is 36.7 Å². The highest BCUT2D eigenvalue weighted by Crippen LogP contribution is 2.44. The normalized spacial score (nSPS) is 27.1. The number of carbonyl (C=O) groups is 1. The summed E-state index contributed by atoms with van der Waals surface area (Å²) in [5.41, 5.74) is 3.77. The van der Waals surface area contributed by atoms with E-state index in [1.54, 1.807) is 30.1 Å². The van der Waals surface area contributed by atoms with Crippen LogP contribution in [0.4, 0.5) is 11.5 Å². The Labute approximate surface area is 285 Å². The first-order valence-corrected chi connectivity index (χ1v) is 18.5. The van der Waals surface area contributed by atoms with E-state index in [4.69, 9.17) is 16.3 Å². The second kappa shape index (κ2) is 13.1. The van der Waals surface area contributed by atoms with Gasteiger partial charge in [0, 0.05) is 42.3 Å². The number of ether oxygens (including phenoxy) is 1. The molecule has 7 rings (SSSR count). The van der Waals surface area contributed by atoms with Crippen LogP contribution < -0.4 is 14.4 Å². The molecule has 2 bridgehead atoms. The number of anilines is 2. The number of allylic oxidation sites excluding steroid dienone is 1. The van der Waals surface area contributed by atoms with Gasteiger partial charge in [0.15, 0.2) is 11.5 Å². The molecule has 2 aromatic heterocycles. The lowest BCUT2D eigenvalue weighted by Gasteiger charge is -2.41. The molecule has 11 nitrogen and oxygen atoms in total. The van der Waals surface area contributed by atoms with Crippen LogP contribution in [0.3, 0.4) is 0 Å². The number of aryl methyl sites for hydroxylation is 2. The first-order chi connectivity index (χ1) is 23.1. The van der Waals surface area contributed by atoms with Crippen molar-refractivity contribution in [3.63, 3.8) is 0 Å². The number of nitrogens with one attached hydrogen (secondary N) is 1. The van der Waals surface area contributed by atoms with Crippen molar-refractivity contribution in [3.8, 4) is 5.75 Å². The third kappa shape index (κ3) is 6.65. The fourth-order valence-electron chi connectivity index (χ4n) is 7.26. The maximum absolute atomic E-state index is 14.6. The number of rotatable bonds is 2. The smallest absolute Gasteiger partial charge is 0.286 e. The van der Waals surface area contributed by atoms with Gasteiger partial charge in [0.25, 0.3) is 5.91 Å². The highest BCUT2D eigenvalue weighted by atomic mass is 35.5. The number of halogens is 1. The monoisotopic (exact) mass is 689 g/mol. The molecule has 2 aromatic carbocycles. The molecule has 4 aromatic rings. The average Bonchev–Trinajstić information content (AvgIpc) is 3.36. The Hall–Kier alpha value is -4.00. The van der Waals surface area contributed by atoms with Gasteiger partial charge in [-0.2, -0.15) is 5.10 Å². The molecule has 0 radical (unpaired) electrons. The summed E-state index contributed by atoms with van der Waals surface area (Å²) in [6.07, 6.45) is 11.0. The minimum Gasteiger partial charge on any atom is -0.490 e. The molecule has 0 fully saturated rings. The van der Waals surface area contributed by atoms with Crippen molar-refractivity contribution < 1.29 is 18.8 Å². The van der Waals surface area contributed by atoms with Crippen molar-refractivity contribution in [3.05, 3.63) is 82.8 Å². The van der Waals surface area contributed by atoms with E-state index in [0.29, 0.717) is 60.7 Å². The van der Waals surface area contributed by atoms with E-state index in [1.807, 2.05) is 31.2 Å². The number of aliphatic hydroxyl groups is 1. The first-order valence-electron chi connectivity index (χ1n) is 16.5. The van der Waals surface area contributed by atoms with Crippen LogP contribution in [-0.4, -0.2) is 66.5 Å². The SMILES string of the molecule is C[C@H]1C/C=C/[C@H](O)CCCN2C[C@@]3(CCCc4cc(Cl)ccc43)COc3ccc(cc32)C(=O)N=S(=O)(Nc2ncnc3nn(C)cc23)C1. The summed E-state index contributed by atoms with van der Waals surface area (Å²) in [5.74, 6) is 0.344. The summed E-state index contributed by atoms with van der Waals surface area (Å²) in [5, 5.41) is 16.5. The van der Waals surface area contributed by atoms with Crippen molar-refractivity contribution in [2.24, 2.45) is 17.3 Å². The molecule has 252 valence electrons. The number of hydrogen-bond acceptors (Lipinski definition) is 8. The largest absolute Gasteiger partial charge is 0.490 e. The van der Waals surface area contributed by atoms with Gasteiger partial charge in [-0.15, -0.1) is 4.36 Å². The Bertz CT molecular complexity index is 2020. The molecule has 4 atom stereocenters. The second-order valence-corrected chi connectivity index (χ2v) is 15.8. The van der Waals surface area contributed by atoms with Crippen LogP contribution in [0.5, 0.6) is 5.75 Å². The molecule has 1 amide bonds. The van der Waals surface area contributed by atoms with Gasteiger partial charge in [0.1, 0.15) is 22.0 Å². The van der Waals surface area contributed by atoms with Gasteiger partial charge in [-0.3, -0.25) is 14.2 Å². The Kier molecular flexibility index (Phi) is 8.90. The summed E-state index contributed by atoms with van der Waals surface area (Å²) in [4.78, 5) is 24.8. The molecule has 2 N–H and O–H groups in total. The summed E-state index contributed by atoms with van der Waals surface area (Å²) in [6.45, 7) is 3.78. The Morgan fingerprint density at radius 2 is 2.04 bits per heavy atom. The molecular formula is C35H40ClN7O4S. The van der Waals surface area contributed by atoms with Crippen LogP contribution in [0.25, 0.3) is 11.0 Å². The van der Waals surface area contributed by atoms with Crippen LogP contribution >= 0.6 is 11.6 Å². The number of fused-ring (bicyclic) bond motifs is 4. The average molecular weight is 690 g/mol. The van der Waals surface area contributed by atoms with Crippen LogP contribution in [-0.2, 0) is 28.8 Å². The topological polar surface area (TPSA) is 135 Å². The first kappa shape index (κ1) is 32.5. The molecule has 1 unspecified atom stereocenters. The molecule has 0 saturated carbocycles. The summed E-state index contributed by atoms with van der Waals surface area (Å²) in [6, 6.07) is 11.5. The predicted molar refractivity (Wildman–Crippen MR) is 188 cm³/mol. The zero-order valence-electron chi connectivity index (χ0n) is 27.1. The van der Waals surface area contributed by atoms with E-state index in [1.165, 1.54) is 17.5 Å². The number of aliphatic hydroxyl groups excluding tert-OH is 1. The molecule has 1 spiro atoms. The minimum atomic E-state index is -3.37. The van der Waals surface area contributed by atoms with Crippen LogP contribution in [0.15, 0.2) is 65.4 Å². The highest BCUT2D eigenvalue weighted by molar-refractivity contribution is 7.95. The fourth-order valence-corrected chi connectivity index (χ4v) is 9.41. The van der Waals surface area contributed by atoms with Gasteiger partial charge in [-0.05, 0) is 85.9 Å². The lowest BCUT2D eigenvalue weighted by Crippen LogP contribution is -2.46. The fraction of sp³-hybridized carbons (Fsp3) is 0.429. The highest BCUT2D eigenvalue weighted by Gasteiger charge is 2.41. The van der Waals surface area contributed by atoms with Crippen LogP contribution in [0.1, 0.15) is 60.5 Å². The standard InChI is InChI=1S/C35H40ClN7O4S/c1-23-6-3-8-27(44)9-5-15-43-20-35(14-4-7-24-16-26(36)11-12-29(24)35)21-47-31-13-10-25(17-30(31)43)34(45)41-48(46,19-23)40-33-28-18-42(2)39-32(28)37-22-38-33/h3,8,10-13,16-18,22-23,27,44H,4-7,9,14-15,19-21H2,1-2H3,(H,37,38,39,40,41,45,46)/b8-3+/t23-,27-,35-,48?/m0/s1. The number of aromatic nitrogens is 4. The summed E-state index contributed by atoms with van der Waals surface area (Å²) in [7, 11) is -1.60. The van der Waals surface area contributed by atoms with Gasteiger partial charge in [-0.25, -0.2) is 14.2 Å². The van der Waals surface area contributed by atoms with Gasteiger partial charge >= 0.3 is 0 Å². The Morgan fingerprint density at radius 1 is 1.17 bits per heavy atom. The molecule has 2 aliphatic heterocycles. The molecule has 1 aliphatic carbocycles. The molecule has 3 aliphatic rings. The minimum absolute atomic E-state index is 0.0804. The number of nitrogens with zero attached hydrogens (tertiary/aromatic N) is 6. The van der Waals surface area contributed by atoms with Gasteiger partial charge < -0.3 is 14.7 Å². The van der Waals surface area contributed by atoms with Crippen molar-refractivity contribution in [2.75, 3.05) is 35.1 Å². The quantitative estimate of drug-likeness (QED) is 0.250. The molecule has 0 saturated heterocycles. The third-order valence-electron chi connectivity index (χ3n) is 9.54. The predicted octanol–water partition coefficient (Wildman–Crippen LogP) is 5.86. The Balaban J connectivity index is 1.29. The van der Waals surface area contributed by atoms with Gasteiger partial charge in [0.05, 0.1) is 29.5 Å². The molecular weight excluding hydrogens is 650 g/mol. The zero-order valence-corrected chi connectivity index (χ0v) is 28.7. The molecule has 4 heterocycles. The van der Waals surface area contributed by atoms with Crippen molar-refractivity contribution >= 4 is 50.0 Å². The van der Waals surface area contributed by atoms with Crippen LogP contribution in [0.2, 0.25) is 5.02 Å². The van der Waals surface area contributed by atoms with E-state index in [2.05, 4.69) is 41.2 Å². The maximum atomic E-state index is 14.6. The second-order valence-electron chi connectivity index (χ2n) is 13.4. The third-order valence-corrected chi connectivity index (χ3v) is 11.8. The van der Waals surface area contributed by atoms with E-state index in [9.17, 15) is 14.1 Å².